The van der Waals surface area contributed by atoms with Crippen molar-refractivity contribution in [2.45, 2.75) is 5.88 Å². The average molecular weight is 221 g/mol. The van der Waals surface area contributed by atoms with Gasteiger partial charge in [-0.05, 0) is 0 Å². The molecule has 0 aliphatic carbocycles. The maximum Gasteiger partial charge on any atom is 0.323 e. The molecule has 4 nitrogen and oxygen atoms in total. The predicted octanol–water partition coefficient (Wildman–Crippen LogP) is 1.40. The van der Waals surface area contributed by atoms with Gasteiger partial charge in [0, 0.05) is 12.4 Å². The van der Waals surface area contributed by atoms with Gasteiger partial charge in [-0.25, -0.2) is 4.98 Å². The Morgan fingerprint density at radius 1 is 1.85 bits per heavy atom. The Balaban J connectivity index is 2.65. The van der Waals surface area contributed by atoms with Crippen LogP contribution >= 0.6 is 22.9 Å². The second-order valence-corrected chi connectivity index (χ2v) is 3.61. The zero-order chi connectivity index (χ0) is 9.84. The Kier molecular flexibility index (Phi) is 3.50. The zero-order valence-electron chi connectivity index (χ0n) is 7.03. The van der Waals surface area contributed by atoms with Crippen LogP contribution in [-0.4, -0.2) is 29.7 Å². The number of nitrogens with zero attached hydrogens (tertiary/aromatic N) is 2. The molecule has 0 aliphatic rings. The van der Waals surface area contributed by atoms with Crippen molar-refractivity contribution in [1.29, 1.82) is 0 Å². The molecule has 1 heterocycles. The normalized spacial score (nSPS) is 10.0. The number of carboxylic acid groups (broad SMARTS) is 1. The molecular weight excluding hydrogens is 212 g/mol. The number of aromatic nitrogens is 1. The number of halogens is 1. The second kappa shape index (κ2) is 4.43. The molecule has 1 aromatic heterocycles. The van der Waals surface area contributed by atoms with Crippen molar-refractivity contribution >= 4 is 34.0 Å². The third-order valence-corrected chi connectivity index (χ3v) is 2.65. The fraction of sp³-hybridized carbons (Fsp3) is 0.429. The highest BCUT2D eigenvalue weighted by Gasteiger charge is 2.09. The van der Waals surface area contributed by atoms with Gasteiger partial charge in [0.1, 0.15) is 6.54 Å². The molecule has 0 spiro atoms. The number of carboxylic acids is 1. The standard InChI is InChI=1S/C7H9ClN2O2S/c1-10(3-6(11)12)7-9-5(2-8)4-13-7/h4H,2-3H2,1H3,(H,11,12). The van der Waals surface area contributed by atoms with Crippen LogP contribution in [0.1, 0.15) is 5.69 Å². The van der Waals surface area contributed by atoms with Gasteiger partial charge >= 0.3 is 5.97 Å². The van der Waals surface area contributed by atoms with E-state index in [1.165, 1.54) is 11.3 Å². The van der Waals surface area contributed by atoms with Crippen LogP contribution in [0.4, 0.5) is 5.13 Å². The number of alkyl halides is 1. The highest BCUT2D eigenvalue weighted by Crippen LogP contribution is 2.19. The monoisotopic (exact) mass is 220 g/mol. The number of anilines is 1. The van der Waals surface area contributed by atoms with Crippen LogP contribution in [0.5, 0.6) is 0 Å². The molecule has 13 heavy (non-hydrogen) atoms. The van der Waals surface area contributed by atoms with E-state index in [0.717, 1.165) is 5.69 Å². The summed E-state index contributed by atoms with van der Waals surface area (Å²) in [5, 5.41) is 11.0. The fourth-order valence-corrected chi connectivity index (χ4v) is 1.82. The molecule has 0 unspecified atom stereocenters. The van der Waals surface area contributed by atoms with Crippen LogP contribution in [0, 0.1) is 0 Å². The molecule has 72 valence electrons. The summed E-state index contributed by atoms with van der Waals surface area (Å²) in [5.74, 6) is -0.512. The summed E-state index contributed by atoms with van der Waals surface area (Å²) in [6, 6.07) is 0. The topological polar surface area (TPSA) is 53.4 Å². The molecule has 1 rings (SSSR count). The van der Waals surface area contributed by atoms with E-state index in [2.05, 4.69) is 4.98 Å². The van der Waals surface area contributed by atoms with Crippen LogP contribution in [0.2, 0.25) is 0 Å². The molecule has 0 fully saturated rings. The molecule has 0 aliphatic heterocycles. The first-order valence-corrected chi connectivity index (χ1v) is 4.98. The summed E-state index contributed by atoms with van der Waals surface area (Å²) >= 11 is 6.95. The van der Waals surface area contributed by atoms with Gasteiger partial charge in [-0.2, -0.15) is 0 Å². The lowest BCUT2D eigenvalue weighted by Gasteiger charge is -2.11. The van der Waals surface area contributed by atoms with Crippen molar-refractivity contribution in [3.63, 3.8) is 0 Å². The molecule has 0 bridgehead atoms. The Labute approximate surface area is 84.8 Å². The number of likely N-dealkylation sites (N-methyl/N-ethyl adjacent to an activating group) is 1. The molecule has 0 saturated heterocycles. The maximum atomic E-state index is 10.4. The Morgan fingerprint density at radius 3 is 3.00 bits per heavy atom. The van der Waals surface area contributed by atoms with E-state index in [0.29, 0.717) is 11.0 Å². The third-order valence-electron chi connectivity index (χ3n) is 1.38. The quantitative estimate of drug-likeness (QED) is 0.780. The van der Waals surface area contributed by atoms with Gasteiger partial charge in [0.25, 0.3) is 0 Å². The van der Waals surface area contributed by atoms with Crippen LogP contribution in [0.15, 0.2) is 5.38 Å². The minimum atomic E-state index is -0.870. The van der Waals surface area contributed by atoms with Crippen molar-refractivity contribution in [3.05, 3.63) is 11.1 Å². The van der Waals surface area contributed by atoms with Crippen molar-refractivity contribution in [2.75, 3.05) is 18.5 Å². The zero-order valence-corrected chi connectivity index (χ0v) is 8.60. The SMILES string of the molecule is CN(CC(=O)O)c1nc(CCl)cs1. The molecule has 1 aromatic rings. The first-order chi connectivity index (χ1) is 6.13. The maximum absolute atomic E-state index is 10.4. The van der Waals surface area contributed by atoms with Gasteiger partial charge in [-0.15, -0.1) is 22.9 Å². The largest absolute Gasteiger partial charge is 0.480 e. The number of hydrogen-bond acceptors (Lipinski definition) is 4. The van der Waals surface area contributed by atoms with E-state index in [-0.39, 0.29) is 6.54 Å². The smallest absolute Gasteiger partial charge is 0.323 e. The van der Waals surface area contributed by atoms with Crippen LogP contribution in [0.25, 0.3) is 0 Å². The molecule has 0 atom stereocenters. The van der Waals surface area contributed by atoms with E-state index < -0.39 is 5.97 Å². The minimum absolute atomic E-state index is 0.0464. The molecule has 0 saturated carbocycles. The number of rotatable bonds is 4. The lowest BCUT2D eigenvalue weighted by atomic mass is 10.6. The second-order valence-electron chi connectivity index (χ2n) is 2.50. The molecule has 0 aromatic carbocycles. The first-order valence-electron chi connectivity index (χ1n) is 3.56. The average Bonchev–Trinajstić information content (AvgIpc) is 2.50. The van der Waals surface area contributed by atoms with Gasteiger partial charge in [-0.1, -0.05) is 0 Å². The van der Waals surface area contributed by atoms with E-state index in [4.69, 9.17) is 16.7 Å². The summed E-state index contributed by atoms with van der Waals surface area (Å²) in [6.45, 7) is -0.0464. The fourth-order valence-electron chi connectivity index (χ4n) is 0.804. The lowest BCUT2D eigenvalue weighted by Crippen LogP contribution is -2.24. The molecule has 0 amide bonds. The summed E-state index contributed by atoms with van der Waals surface area (Å²) in [6.07, 6.45) is 0. The predicted molar refractivity (Wildman–Crippen MR) is 52.6 cm³/mol. The Bertz CT molecular complexity index is 302. The summed E-state index contributed by atoms with van der Waals surface area (Å²) in [4.78, 5) is 16.1. The van der Waals surface area contributed by atoms with Gasteiger partial charge in [0.15, 0.2) is 5.13 Å². The van der Waals surface area contributed by atoms with E-state index in [1.807, 2.05) is 5.38 Å². The molecule has 1 N–H and O–H groups in total. The first kappa shape index (κ1) is 10.3. The number of carbonyl (C=O) groups is 1. The minimum Gasteiger partial charge on any atom is -0.480 e. The number of aliphatic carboxylic acids is 1. The third kappa shape index (κ3) is 2.86. The number of hydrogen-bond donors (Lipinski definition) is 1. The van der Waals surface area contributed by atoms with Crippen molar-refractivity contribution in [3.8, 4) is 0 Å². The van der Waals surface area contributed by atoms with E-state index >= 15 is 0 Å². The highest BCUT2D eigenvalue weighted by molar-refractivity contribution is 7.13. The van der Waals surface area contributed by atoms with Crippen LogP contribution in [0.3, 0.4) is 0 Å². The van der Waals surface area contributed by atoms with E-state index in [9.17, 15) is 4.79 Å². The van der Waals surface area contributed by atoms with E-state index in [1.54, 1.807) is 11.9 Å². The van der Waals surface area contributed by atoms with Gasteiger partial charge in [0.2, 0.25) is 0 Å². The van der Waals surface area contributed by atoms with Crippen LogP contribution in [-0.2, 0) is 10.7 Å². The van der Waals surface area contributed by atoms with Gasteiger partial charge in [-0.3, -0.25) is 4.79 Å². The number of thiazole rings is 1. The highest BCUT2D eigenvalue weighted by atomic mass is 35.5. The van der Waals surface area contributed by atoms with Crippen molar-refractivity contribution in [2.24, 2.45) is 0 Å². The molecule has 6 heteroatoms. The molecular formula is C7H9ClN2O2S. The summed E-state index contributed by atoms with van der Waals surface area (Å²) in [7, 11) is 1.69. The van der Waals surface area contributed by atoms with Crippen LogP contribution < -0.4 is 4.90 Å². The summed E-state index contributed by atoms with van der Waals surface area (Å²) < 4.78 is 0. The molecule has 0 radical (unpaired) electrons. The van der Waals surface area contributed by atoms with Gasteiger partial charge in [0.05, 0.1) is 11.6 Å². The Morgan fingerprint density at radius 2 is 2.54 bits per heavy atom. The lowest BCUT2D eigenvalue weighted by molar-refractivity contribution is -0.135. The van der Waals surface area contributed by atoms with Crippen molar-refractivity contribution in [1.82, 2.24) is 4.98 Å². The van der Waals surface area contributed by atoms with Crippen molar-refractivity contribution < 1.29 is 9.90 Å². The van der Waals surface area contributed by atoms with Gasteiger partial charge < -0.3 is 10.0 Å². The Hall–Kier alpha value is -0.810. The summed E-state index contributed by atoms with van der Waals surface area (Å²) in [5.41, 5.74) is 0.777.